The van der Waals surface area contributed by atoms with Crippen molar-refractivity contribution in [3.63, 3.8) is 0 Å². The Bertz CT molecular complexity index is 406. The van der Waals surface area contributed by atoms with Crippen molar-refractivity contribution in [1.82, 2.24) is 9.78 Å². The second kappa shape index (κ2) is 8.44. The van der Waals surface area contributed by atoms with Gasteiger partial charge in [-0.25, -0.2) is 8.78 Å². The monoisotopic (exact) mass is 302 g/mol. The van der Waals surface area contributed by atoms with E-state index in [2.05, 4.69) is 5.10 Å². The number of hydrogen-bond acceptors (Lipinski definition) is 3. The predicted molar refractivity (Wildman–Crippen MR) is 75.5 cm³/mol. The van der Waals surface area contributed by atoms with Crippen LogP contribution in [0.25, 0.3) is 0 Å². The lowest BCUT2D eigenvalue weighted by molar-refractivity contribution is 0.00502. The summed E-state index contributed by atoms with van der Waals surface area (Å²) in [5, 5.41) is 14.4. The molecule has 2 rings (SSSR count). The summed E-state index contributed by atoms with van der Waals surface area (Å²) in [7, 11) is 0. The van der Waals surface area contributed by atoms with Gasteiger partial charge >= 0.3 is 0 Å². The number of hydrogen-bond donors (Lipinski definition) is 1. The van der Waals surface area contributed by atoms with Gasteiger partial charge in [-0.2, -0.15) is 5.10 Å². The first kappa shape index (κ1) is 16.4. The minimum absolute atomic E-state index is 0.148. The van der Waals surface area contributed by atoms with Crippen molar-refractivity contribution in [2.45, 2.75) is 63.5 Å². The van der Waals surface area contributed by atoms with Crippen LogP contribution in [-0.2, 0) is 11.2 Å². The third-order valence-corrected chi connectivity index (χ3v) is 3.90. The van der Waals surface area contributed by atoms with E-state index in [0.29, 0.717) is 18.9 Å². The highest BCUT2D eigenvalue weighted by Gasteiger charge is 2.16. The van der Waals surface area contributed by atoms with E-state index in [0.717, 1.165) is 5.69 Å². The van der Waals surface area contributed by atoms with Crippen LogP contribution in [0, 0.1) is 0 Å². The van der Waals surface area contributed by atoms with Crippen molar-refractivity contribution in [2.24, 2.45) is 0 Å². The van der Waals surface area contributed by atoms with Gasteiger partial charge in [-0.15, -0.1) is 0 Å². The third kappa shape index (κ3) is 5.71. The van der Waals surface area contributed by atoms with E-state index < -0.39 is 19.1 Å². The van der Waals surface area contributed by atoms with Gasteiger partial charge in [0.2, 0.25) is 0 Å². The number of rotatable bonds is 8. The average Bonchev–Trinajstić information content (AvgIpc) is 2.93. The molecule has 1 fully saturated rings. The summed E-state index contributed by atoms with van der Waals surface area (Å²) >= 11 is 0. The molecule has 21 heavy (non-hydrogen) atoms. The van der Waals surface area contributed by atoms with E-state index in [4.69, 9.17) is 4.74 Å². The van der Waals surface area contributed by atoms with E-state index in [1.165, 1.54) is 32.1 Å². The van der Waals surface area contributed by atoms with Crippen LogP contribution >= 0.6 is 0 Å². The van der Waals surface area contributed by atoms with Gasteiger partial charge in [-0.1, -0.05) is 19.3 Å². The number of aliphatic hydroxyl groups excluding tert-OH is 1. The summed E-state index contributed by atoms with van der Waals surface area (Å²) in [4.78, 5) is 0. The van der Waals surface area contributed by atoms with E-state index >= 15 is 0 Å². The van der Waals surface area contributed by atoms with E-state index in [-0.39, 0.29) is 6.61 Å². The smallest absolute Gasteiger partial charge is 0.261 e. The zero-order chi connectivity index (χ0) is 15.1. The standard InChI is InChI=1S/C15H24F2N2O2/c16-15(17)11-21-9-7-14(20)10-12-6-8-19(18-12)13-4-2-1-3-5-13/h6,8,13-15,20H,1-5,7,9-11H2. The molecule has 0 spiro atoms. The van der Waals surface area contributed by atoms with Gasteiger partial charge in [0, 0.05) is 19.2 Å². The summed E-state index contributed by atoms with van der Waals surface area (Å²) in [6.45, 7) is -0.419. The fraction of sp³-hybridized carbons (Fsp3) is 0.800. The zero-order valence-electron chi connectivity index (χ0n) is 12.3. The van der Waals surface area contributed by atoms with Gasteiger partial charge < -0.3 is 9.84 Å². The fourth-order valence-corrected chi connectivity index (χ4v) is 2.77. The second-order valence-electron chi connectivity index (χ2n) is 5.69. The first-order chi connectivity index (χ1) is 10.1. The van der Waals surface area contributed by atoms with Crippen molar-refractivity contribution >= 4 is 0 Å². The summed E-state index contributed by atoms with van der Waals surface area (Å²) in [6, 6.07) is 2.41. The van der Waals surface area contributed by atoms with Crippen molar-refractivity contribution < 1.29 is 18.6 Å². The molecule has 0 saturated heterocycles. The van der Waals surface area contributed by atoms with Gasteiger partial charge in [-0.05, 0) is 25.3 Å². The fourth-order valence-electron chi connectivity index (χ4n) is 2.77. The van der Waals surface area contributed by atoms with Crippen LogP contribution in [0.1, 0.15) is 50.3 Å². The molecule has 4 nitrogen and oxygen atoms in total. The van der Waals surface area contributed by atoms with Crippen molar-refractivity contribution in [3.05, 3.63) is 18.0 Å². The molecule has 0 aromatic carbocycles. The molecular weight excluding hydrogens is 278 g/mol. The maximum atomic E-state index is 11.9. The van der Waals surface area contributed by atoms with Crippen LogP contribution in [0.15, 0.2) is 12.3 Å². The molecule has 1 heterocycles. The molecule has 1 N–H and O–H groups in total. The molecule has 1 atom stereocenters. The van der Waals surface area contributed by atoms with E-state index in [9.17, 15) is 13.9 Å². The Morgan fingerprint density at radius 1 is 1.33 bits per heavy atom. The minimum atomic E-state index is -2.45. The Kier molecular flexibility index (Phi) is 6.57. The lowest BCUT2D eigenvalue weighted by Gasteiger charge is -2.21. The van der Waals surface area contributed by atoms with E-state index in [1.54, 1.807) is 0 Å². The Morgan fingerprint density at radius 3 is 2.81 bits per heavy atom. The third-order valence-electron chi connectivity index (χ3n) is 3.90. The zero-order valence-corrected chi connectivity index (χ0v) is 12.3. The van der Waals surface area contributed by atoms with Gasteiger partial charge in [0.05, 0.1) is 17.8 Å². The summed E-state index contributed by atoms with van der Waals surface area (Å²) in [6.07, 6.45) is 5.88. The van der Waals surface area contributed by atoms with Crippen molar-refractivity contribution in [1.29, 1.82) is 0 Å². The minimum Gasteiger partial charge on any atom is -0.393 e. The Labute approximate surface area is 124 Å². The lowest BCUT2D eigenvalue weighted by Crippen LogP contribution is -2.17. The van der Waals surface area contributed by atoms with Crippen LogP contribution in [0.3, 0.4) is 0 Å². The average molecular weight is 302 g/mol. The number of aromatic nitrogens is 2. The molecule has 1 unspecified atom stereocenters. The van der Waals surface area contributed by atoms with Gasteiger partial charge in [0.1, 0.15) is 6.61 Å². The number of alkyl halides is 2. The molecule has 1 saturated carbocycles. The van der Waals surface area contributed by atoms with Crippen molar-refractivity contribution in [3.8, 4) is 0 Å². The highest BCUT2D eigenvalue weighted by molar-refractivity contribution is 5.01. The van der Waals surface area contributed by atoms with E-state index in [1.807, 2.05) is 16.9 Å². The topological polar surface area (TPSA) is 47.3 Å². The first-order valence-corrected chi connectivity index (χ1v) is 7.73. The molecule has 1 aromatic rings. The Morgan fingerprint density at radius 2 is 2.10 bits per heavy atom. The van der Waals surface area contributed by atoms with Crippen LogP contribution in [0.5, 0.6) is 0 Å². The van der Waals surface area contributed by atoms with Gasteiger partial charge in [0.25, 0.3) is 6.43 Å². The highest BCUT2D eigenvalue weighted by Crippen LogP contribution is 2.27. The molecule has 0 aliphatic heterocycles. The normalized spacial score (nSPS) is 18.3. The quantitative estimate of drug-likeness (QED) is 0.751. The van der Waals surface area contributed by atoms with Crippen molar-refractivity contribution in [2.75, 3.05) is 13.2 Å². The number of ether oxygens (including phenoxy) is 1. The molecule has 1 aliphatic rings. The molecule has 0 amide bonds. The molecule has 6 heteroatoms. The first-order valence-electron chi connectivity index (χ1n) is 7.73. The summed E-state index contributed by atoms with van der Waals surface area (Å²) in [5.74, 6) is 0. The molecule has 0 radical (unpaired) electrons. The lowest BCUT2D eigenvalue weighted by atomic mass is 9.96. The van der Waals surface area contributed by atoms with Crippen LogP contribution < -0.4 is 0 Å². The second-order valence-corrected chi connectivity index (χ2v) is 5.69. The molecule has 1 aliphatic carbocycles. The van der Waals surface area contributed by atoms with Gasteiger partial charge in [0.15, 0.2) is 0 Å². The Balaban J connectivity index is 1.71. The summed E-state index contributed by atoms with van der Waals surface area (Å²) in [5.41, 5.74) is 0.849. The largest absolute Gasteiger partial charge is 0.393 e. The maximum Gasteiger partial charge on any atom is 0.261 e. The molecule has 1 aromatic heterocycles. The van der Waals surface area contributed by atoms with Gasteiger partial charge in [-0.3, -0.25) is 4.68 Å². The number of halogens is 2. The molecular formula is C15H24F2N2O2. The highest BCUT2D eigenvalue weighted by atomic mass is 19.3. The summed E-state index contributed by atoms with van der Waals surface area (Å²) < 4.78 is 30.5. The molecule has 0 bridgehead atoms. The predicted octanol–water partition coefficient (Wildman–Crippen LogP) is 2.96. The number of aliphatic hydroxyl groups is 1. The Hall–Kier alpha value is -1.01. The van der Waals surface area contributed by atoms with Crippen LogP contribution in [0.4, 0.5) is 8.78 Å². The van der Waals surface area contributed by atoms with Crippen LogP contribution in [0.2, 0.25) is 0 Å². The maximum absolute atomic E-state index is 11.9. The number of nitrogens with zero attached hydrogens (tertiary/aromatic N) is 2. The molecule has 120 valence electrons. The SMILES string of the molecule is OC(CCOCC(F)F)Cc1ccn(C2CCCCC2)n1. The van der Waals surface area contributed by atoms with Crippen LogP contribution in [-0.4, -0.2) is 40.6 Å².